The van der Waals surface area contributed by atoms with Gasteiger partial charge in [-0.05, 0) is 48.9 Å². The van der Waals surface area contributed by atoms with Crippen molar-refractivity contribution in [2.45, 2.75) is 89.4 Å². The van der Waals surface area contributed by atoms with E-state index in [1.54, 1.807) is 12.1 Å². The second-order valence-corrected chi connectivity index (χ2v) is 10.2. The van der Waals surface area contributed by atoms with E-state index < -0.39 is 23.5 Å². The number of rotatable bonds is 17. The fourth-order valence-electron chi connectivity index (χ4n) is 4.44. The highest BCUT2D eigenvalue weighted by molar-refractivity contribution is 5.77. The standard InChI is InChI=1S/C30H40F6N4.2ClH/c31-29(32,33)25-15-11-13-23(19-25)21-27(37)39-17-9-7-5-3-1-2-4-6-8-10-18-40-28(38)22-24-14-12-16-26(20-24)30(34,35)36;;/h11-16,19-20H,1-10,17-18,21-22H2,(H2,37,39)(H2,38,40);2*1H. The molecule has 2 rings (SSSR count). The molecule has 0 saturated carbocycles. The van der Waals surface area contributed by atoms with Crippen LogP contribution in [0, 0.1) is 0 Å². The Morgan fingerprint density at radius 1 is 0.524 bits per heavy atom. The fraction of sp³-hybridized carbons (Fsp3) is 0.533. The molecule has 238 valence electrons. The van der Waals surface area contributed by atoms with Gasteiger partial charge in [-0.2, -0.15) is 26.3 Å². The summed E-state index contributed by atoms with van der Waals surface area (Å²) in [7, 11) is 0. The molecular weight excluding hydrogens is 601 g/mol. The first-order chi connectivity index (χ1) is 18.9. The van der Waals surface area contributed by atoms with E-state index in [0.717, 1.165) is 62.8 Å². The molecule has 42 heavy (non-hydrogen) atoms. The molecular formula is C30H42Cl2F6N4. The second-order valence-electron chi connectivity index (χ2n) is 10.2. The van der Waals surface area contributed by atoms with Crippen LogP contribution < -0.4 is 46.3 Å². The lowest BCUT2D eigenvalue weighted by atomic mass is 10.1. The summed E-state index contributed by atoms with van der Waals surface area (Å²) >= 11 is 0. The van der Waals surface area contributed by atoms with Gasteiger partial charge < -0.3 is 24.8 Å². The van der Waals surface area contributed by atoms with Crippen LogP contribution in [0.3, 0.4) is 0 Å². The minimum absolute atomic E-state index is 0. The molecule has 0 atom stereocenters. The number of unbranched alkanes of at least 4 members (excludes halogenated alkanes) is 9. The average Bonchev–Trinajstić information content (AvgIpc) is 2.88. The van der Waals surface area contributed by atoms with E-state index >= 15 is 0 Å². The molecule has 0 fully saturated rings. The Bertz CT molecular complexity index is 1000. The number of hydrogen-bond acceptors (Lipinski definition) is 0. The van der Waals surface area contributed by atoms with Crippen LogP contribution in [0.4, 0.5) is 26.3 Å². The van der Waals surface area contributed by atoms with E-state index in [9.17, 15) is 26.3 Å². The third-order valence-corrected chi connectivity index (χ3v) is 6.61. The number of alkyl halides is 6. The Morgan fingerprint density at radius 3 is 1.14 bits per heavy atom. The van der Waals surface area contributed by atoms with E-state index in [1.165, 1.54) is 37.8 Å². The summed E-state index contributed by atoms with van der Waals surface area (Å²) in [5.41, 5.74) is 11.6. The van der Waals surface area contributed by atoms with Crippen LogP contribution in [0.2, 0.25) is 0 Å². The molecule has 0 bridgehead atoms. The molecule has 0 radical (unpaired) electrons. The van der Waals surface area contributed by atoms with Crippen molar-refractivity contribution in [1.29, 1.82) is 0 Å². The number of amidine groups is 2. The fourth-order valence-corrected chi connectivity index (χ4v) is 4.44. The summed E-state index contributed by atoms with van der Waals surface area (Å²) in [5, 5.41) is 0. The highest BCUT2D eigenvalue weighted by Gasteiger charge is 2.31. The minimum atomic E-state index is -4.35. The average molecular weight is 644 g/mol. The van der Waals surface area contributed by atoms with Crippen LogP contribution in [-0.4, -0.2) is 24.8 Å². The minimum Gasteiger partial charge on any atom is -1.00 e. The Kier molecular flexibility index (Phi) is 19.2. The predicted molar refractivity (Wildman–Crippen MR) is 147 cm³/mol. The van der Waals surface area contributed by atoms with Crippen LogP contribution in [0.25, 0.3) is 0 Å². The summed E-state index contributed by atoms with van der Waals surface area (Å²) < 4.78 is 76.9. The number of benzene rings is 2. The summed E-state index contributed by atoms with van der Waals surface area (Å²) in [4.78, 5) is 6.22. The number of nitrogens with two attached hydrogens (primary N) is 2. The Balaban J connectivity index is 0.00000840. The van der Waals surface area contributed by atoms with Gasteiger partial charge in [0.25, 0.3) is 0 Å². The molecule has 0 aliphatic heterocycles. The van der Waals surface area contributed by atoms with Crippen LogP contribution in [0.1, 0.15) is 86.5 Å². The smallest absolute Gasteiger partial charge is 0.416 e. The third-order valence-electron chi connectivity index (χ3n) is 6.61. The van der Waals surface area contributed by atoms with Gasteiger partial charge in [0.15, 0.2) is 0 Å². The van der Waals surface area contributed by atoms with Crippen molar-refractivity contribution in [3.63, 3.8) is 0 Å². The van der Waals surface area contributed by atoms with Crippen molar-refractivity contribution in [2.75, 3.05) is 13.1 Å². The lowest BCUT2D eigenvalue weighted by molar-refractivity contribution is -0.460. The lowest BCUT2D eigenvalue weighted by Gasteiger charge is -2.07. The second kappa shape index (κ2) is 20.4. The molecule has 2 aromatic rings. The van der Waals surface area contributed by atoms with Gasteiger partial charge in [0.1, 0.15) is 0 Å². The van der Waals surface area contributed by atoms with E-state index in [2.05, 4.69) is 9.98 Å². The Labute approximate surface area is 257 Å². The highest BCUT2D eigenvalue weighted by Crippen LogP contribution is 2.30. The molecule has 0 heterocycles. The first-order valence-corrected chi connectivity index (χ1v) is 14.0. The topological polar surface area (TPSA) is 80.0 Å². The van der Waals surface area contributed by atoms with Gasteiger partial charge >= 0.3 is 12.4 Å². The summed E-state index contributed by atoms with van der Waals surface area (Å²) in [5.74, 6) is 0.955. The van der Waals surface area contributed by atoms with Gasteiger partial charge in [0.2, 0.25) is 11.7 Å². The van der Waals surface area contributed by atoms with Gasteiger partial charge in [0.05, 0.1) is 37.1 Å². The molecule has 0 spiro atoms. The molecule has 4 nitrogen and oxygen atoms in total. The summed E-state index contributed by atoms with van der Waals surface area (Å²) in [6.07, 6.45) is 2.91. The number of halogens is 8. The molecule has 2 aromatic carbocycles. The van der Waals surface area contributed by atoms with Crippen molar-refractivity contribution in [2.24, 2.45) is 11.5 Å². The molecule has 6 N–H and O–H groups in total. The zero-order chi connectivity index (χ0) is 29.4. The van der Waals surface area contributed by atoms with Crippen molar-refractivity contribution in [3.8, 4) is 0 Å². The van der Waals surface area contributed by atoms with Crippen molar-refractivity contribution < 1.29 is 61.1 Å². The van der Waals surface area contributed by atoms with Crippen molar-refractivity contribution in [3.05, 3.63) is 70.8 Å². The predicted octanol–water partition coefficient (Wildman–Crippen LogP) is -1.71. The van der Waals surface area contributed by atoms with Gasteiger partial charge in [-0.15, -0.1) is 0 Å². The highest BCUT2D eigenvalue weighted by atomic mass is 35.5. The maximum absolute atomic E-state index is 12.8. The summed E-state index contributed by atoms with van der Waals surface area (Å²) in [6, 6.07) is 10.5. The van der Waals surface area contributed by atoms with Crippen molar-refractivity contribution >= 4 is 11.7 Å². The molecule has 0 aromatic heterocycles. The third kappa shape index (κ3) is 16.9. The molecule has 0 aliphatic carbocycles. The first kappa shape index (κ1) is 39.5. The Hall–Kier alpha value is -2.46. The normalized spacial score (nSPS) is 12.5. The molecule has 0 amide bonds. The van der Waals surface area contributed by atoms with Gasteiger partial charge in [-0.25, -0.2) is 0 Å². The number of nitrogens with one attached hydrogen (secondary N) is 2. The van der Waals surface area contributed by atoms with Gasteiger partial charge in [-0.3, -0.25) is 21.5 Å². The monoisotopic (exact) mass is 642 g/mol. The van der Waals surface area contributed by atoms with E-state index in [0.29, 0.717) is 35.9 Å². The van der Waals surface area contributed by atoms with E-state index in [-0.39, 0.29) is 37.7 Å². The molecule has 12 heteroatoms. The largest absolute Gasteiger partial charge is 1.00 e. The van der Waals surface area contributed by atoms with Gasteiger partial charge in [0, 0.05) is 0 Å². The zero-order valence-electron chi connectivity index (χ0n) is 23.7. The SMILES string of the molecule is NC(Cc1cccc(C(F)(F)F)c1)=[NH+]CCCCCCCCCCCC[NH+]=C(N)Cc1cccc(C(F)(F)F)c1.[Cl-].[Cl-]. The molecule has 0 saturated heterocycles. The van der Waals surface area contributed by atoms with Crippen LogP contribution in [-0.2, 0) is 25.2 Å². The zero-order valence-corrected chi connectivity index (χ0v) is 25.2. The quantitative estimate of drug-likeness (QED) is 0.0718. The van der Waals surface area contributed by atoms with E-state index in [1.807, 2.05) is 0 Å². The maximum Gasteiger partial charge on any atom is 0.416 e. The van der Waals surface area contributed by atoms with Crippen LogP contribution in [0.5, 0.6) is 0 Å². The Morgan fingerprint density at radius 2 is 0.833 bits per heavy atom. The molecule has 0 aliphatic rings. The lowest BCUT2D eigenvalue weighted by Crippen LogP contribution is -3.00. The summed E-state index contributed by atoms with van der Waals surface area (Å²) in [6.45, 7) is 1.42. The van der Waals surface area contributed by atoms with Crippen molar-refractivity contribution in [1.82, 2.24) is 0 Å². The van der Waals surface area contributed by atoms with Crippen LogP contribution >= 0.6 is 0 Å². The van der Waals surface area contributed by atoms with Crippen LogP contribution in [0.15, 0.2) is 48.5 Å². The molecule has 0 unspecified atom stereocenters. The maximum atomic E-state index is 12.8. The van der Waals surface area contributed by atoms with Gasteiger partial charge in [-0.1, -0.05) is 74.9 Å². The number of hydrogen-bond donors (Lipinski definition) is 4. The first-order valence-electron chi connectivity index (χ1n) is 14.0. The van der Waals surface area contributed by atoms with E-state index in [4.69, 9.17) is 11.5 Å².